The summed E-state index contributed by atoms with van der Waals surface area (Å²) in [6.45, 7) is -0.0737. The summed E-state index contributed by atoms with van der Waals surface area (Å²) in [7, 11) is 0. The van der Waals surface area contributed by atoms with Crippen molar-refractivity contribution in [1.29, 1.82) is 5.26 Å². The standard InChI is InChI=1S/C14H9F4N3/c15-11-4-2-1-3-10(11)8-20-13-9(7-19)5-6-12(21-13)14(16,17)18/h1-6H,8H2,(H,20,21). The lowest BCUT2D eigenvalue weighted by molar-refractivity contribution is -0.141. The van der Waals surface area contributed by atoms with E-state index in [2.05, 4.69) is 10.3 Å². The molecule has 1 aromatic heterocycles. The van der Waals surface area contributed by atoms with Crippen molar-refractivity contribution < 1.29 is 17.6 Å². The van der Waals surface area contributed by atoms with E-state index >= 15 is 0 Å². The average molecular weight is 295 g/mol. The third-order valence-electron chi connectivity index (χ3n) is 2.71. The van der Waals surface area contributed by atoms with Crippen LogP contribution in [-0.4, -0.2) is 4.98 Å². The highest BCUT2D eigenvalue weighted by molar-refractivity contribution is 5.52. The zero-order valence-electron chi connectivity index (χ0n) is 10.6. The molecule has 0 radical (unpaired) electrons. The van der Waals surface area contributed by atoms with Gasteiger partial charge in [-0.2, -0.15) is 18.4 Å². The lowest BCUT2D eigenvalue weighted by atomic mass is 10.2. The van der Waals surface area contributed by atoms with Gasteiger partial charge in [0, 0.05) is 12.1 Å². The number of hydrogen-bond donors (Lipinski definition) is 1. The largest absolute Gasteiger partial charge is 0.433 e. The molecule has 0 atom stereocenters. The van der Waals surface area contributed by atoms with Crippen LogP contribution in [0.3, 0.4) is 0 Å². The van der Waals surface area contributed by atoms with Crippen LogP contribution < -0.4 is 5.32 Å². The number of halogens is 4. The molecular formula is C14H9F4N3. The van der Waals surface area contributed by atoms with E-state index in [-0.39, 0.29) is 23.5 Å². The Morgan fingerprint density at radius 1 is 1.14 bits per heavy atom. The highest BCUT2D eigenvalue weighted by atomic mass is 19.4. The van der Waals surface area contributed by atoms with Crippen molar-refractivity contribution in [3.8, 4) is 6.07 Å². The number of benzene rings is 1. The zero-order chi connectivity index (χ0) is 15.5. The summed E-state index contributed by atoms with van der Waals surface area (Å²) in [6.07, 6.45) is -4.61. The third kappa shape index (κ3) is 3.48. The Bertz CT molecular complexity index is 689. The molecule has 0 fully saturated rings. The first kappa shape index (κ1) is 14.8. The van der Waals surface area contributed by atoms with Gasteiger partial charge in [0.25, 0.3) is 0 Å². The zero-order valence-corrected chi connectivity index (χ0v) is 10.6. The quantitative estimate of drug-likeness (QED) is 0.878. The van der Waals surface area contributed by atoms with Crippen LogP contribution in [-0.2, 0) is 12.7 Å². The Hall–Kier alpha value is -2.62. The summed E-state index contributed by atoms with van der Waals surface area (Å²) in [5, 5.41) is 11.4. The average Bonchev–Trinajstić information content (AvgIpc) is 2.45. The fraction of sp³-hybridized carbons (Fsp3) is 0.143. The Morgan fingerprint density at radius 3 is 2.48 bits per heavy atom. The van der Waals surface area contributed by atoms with Crippen LogP contribution in [0.25, 0.3) is 0 Å². The van der Waals surface area contributed by atoms with Gasteiger partial charge in [-0.15, -0.1) is 0 Å². The van der Waals surface area contributed by atoms with Crippen molar-refractivity contribution in [3.63, 3.8) is 0 Å². The molecule has 0 saturated heterocycles. The maximum Gasteiger partial charge on any atom is 0.433 e. The Labute approximate surface area is 117 Å². The normalized spacial score (nSPS) is 11.0. The van der Waals surface area contributed by atoms with Crippen LogP contribution in [0.2, 0.25) is 0 Å². The van der Waals surface area contributed by atoms with Crippen LogP contribution in [0.1, 0.15) is 16.8 Å². The maximum absolute atomic E-state index is 13.4. The molecule has 3 nitrogen and oxygen atoms in total. The molecule has 1 N–H and O–H groups in total. The van der Waals surface area contributed by atoms with Crippen LogP contribution in [0.4, 0.5) is 23.4 Å². The van der Waals surface area contributed by atoms with Crippen LogP contribution in [0.5, 0.6) is 0 Å². The number of anilines is 1. The second kappa shape index (κ2) is 5.79. The highest BCUT2D eigenvalue weighted by Crippen LogP contribution is 2.29. The molecule has 0 bridgehead atoms. The molecule has 0 spiro atoms. The Morgan fingerprint density at radius 2 is 1.86 bits per heavy atom. The van der Waals surface area contributed by atoms with Gasteiger partial charge in [0.2, 0.25) is 0 Å². The van der Waals surface area contributed by atoms with Gasteiger partial charge in [0.15, 0.2) is 0 Å². The number of hydrogen-bond acceptors (Lipinski definition) is 3. The molecule has 0 aliphatic carbocycles. The second-order valence-electron chi connectivity index (χ2n) is 4.15. The highest BCUT2D eigenvalue weighted by Gasteiger charge is 2.33. The molecule has 2 aromatic rings. The fourth-order valence-corrected chi connectivity index (χ4v) is 1.66. The van der Waals surface area contributed by atoms with E-state index < -0.39 is 17.7 Å². The smallest absolute Gasteiger partial charge is 0.365 e. The van der Waals surface area contributed by atoms with Crippen LogP contribution >= 0.6 is 0 Å². The summed E-state index contributed by atoms with van der Waals surface area (Å²) in [5.41, 5.74) is -0.891. The number of aromatic nitrogens is 1. The Kier molecular flexibility index (Phi) is 4.08. The molecule has 0 saturated carbocycles. The van der Waals surface area contributed by atoms with E-state index in [1.807, 2.05) is 0 Å². The fourth-order valence-electron chi connectivity index (χ4n) is 1.66. The lowest BCUT2D eigenvalue weighted by Gasteiger charge is -2.11. The van der Waals surface area contributed by atoms with Gasteiger partial charge >= 0.3 is 6.18 Å². The predicted octanol–water partition coefficient (Wildman–Crippen LogP) is 3.72. The molecule has 0 aliphatic rings. The number of nitrogens with zero attached hydrogens (tertiary/aromatic N) is 2. The van der Waals surface area contributed by atoms with Gasteiger partial charge in [-0.25, -0.2) is 9.37 Å². The topological polar surface area (TPSA) is 48.7 Å². The maximum atomic E-state index is 13.4. The van der Waals surface area contributed by atoms with E-state index in [4.69, 9.17) is 5.26 Å². The summed E-state index contributed by atoms with van der Waals surface area (Å²) < 4.78 is 51.2. The minimum absolute atomic E-state index is 0.0423. The van der Waals surface area contributed by atoms with Crippen molar-refractivity contribution in [1.82, 2.24) is 4.98 Å². The van der Waals surface area contributed by atoms with Crippen molar-refractivity contribution in [3.05, 3.63) is 59.0 Å². The molecule has 1 aromatic carbocycles. The number of rotatable bonds is 3. The first-order valence-electron chi connectivity index (χ1n) is 5.87. The van der Waals surface area contributed by atoms with Crippen molar-refractivity contribution in [2.45, 2.75) is 12.7 Å². The summed E-state index contributed by atoms with van der Waals surface area (Å²) in [5.74, 6) is -0.717. The molecule has 0 aliphatic heterocycles. The van der Waals surface area contributed by atoms with E-state index in [9.17, 15) is 17.6 Å². The molecule has 108 valence electrons. The van der Waals surface area contributed by atoms with E-state index in [1.165, 1.54) is 18.2 Å². The summed E-state index contributed by atoms with van der Waals surface area (Å²) in [6, 6.07) is 9.33. The lowest BCUT2D eigenvalue weighted by Crippen LogP contribution is -2.12. The SMILES string of the molecule is N#Cc1ccc(C(F)(F)F)nc1NCc1ccccc1F. The van der Waals surface area contributed by atoms with Crippen molar-refractivity contribution >= 4 is 5.82 Å². The van der Waals surface area contributed by atoms with Gasteiger partial charge in [0.1, 0.15) is 23.4 Å². The molecule has 2 rings (SSSR count). The van der Waals surface area contributed by atoms with Gasteiger partial charge in [-0.1, -0.05) is 18.2 Å². The number of nitrogens with one attached hydrogen (secondary N) is 1. The second-order valence-corrected chi connectivity index (χ2v) is 4.15. The van der Waals surface area contributed by atoms with Gasteiger partial charge < -0.3 is 5.32 Å². The third-order valence-corrected chi connectivity index (χ3v) is 2.71. The molecule has 7 heteroatoms. The molecule has 21 heavy (non-hydrogen) atoms. The number of nitriles is 1. The Balaban J connectivity index is 2.27. The summed E-state index contributed by atoms with van der Waals surface area (Å²) in [4.78, 5) is 3.38. The first-order valence-corrected chi connectivity index (χ1v) is 5.87. The van der Waals surface area contributed by atoms with E-state index in [1.54, 1.807) is 12.1 Å². The molecule has 1 heterocycles. The van der Waals surface area contributed by atoms with Gasteiger partial charge in [-0.3, -0.25) is 0 Å². The first-order chi connectivity index (χ1) is 9.91. The minimum Gasteiger partial charge on any atom is -0.365 e. The van der Waals surface area contributed by atoms with Crippen LogP contribution in [0, 0.1) is 17.1 Å². The number of pyridine rings is 1. The molecular weight excluding hydrogens is 286 g/mol. The molecule has 0 amide bonds. The monoisotopic (exact) mass is 295 g/mol. The molecule has 0 unspecified atom stereocenters. The van der Waals surface area contributed by atoms with E-state index in [0.717, 1.165) is 12.1 Å². The van der Waals surface area contributed by atoms with Gasteiger partial charge in [-0.05, 0) is 18.2 Å². The predicted molar refractivity (Wildman–Crippen MR) is 67.7 cm³/mol. The van der Waals surface area contributed by atoms with Crippen molar-refractivity contribution in [2.24, 2.45) is 0 Å². The van der Waals surface area contributed by atoms with Gasteiger partial charge in [0.05, 0.1) is 5.56 Å². The number of alkyl halides is 3. The van der Waals surface area contributed by atoms with E-state index in [0.29, 0.717) is 0 Å². The summed E-state index contributed by atoms with van der Waals surface area (Å²) >= 11 is 0. The van der Waals surface area contributed by atoms with Crippen LogP contribution in [0.15, 0.2) is 36.4 Å². The van der Waals surface area contributed by atoms with Crippen molar-refractivity contribution in [2.75, 3.05) is 5.32 Å². The minimum atomic E-state index is -4.61.